The second-order valence-electron chi connectivity index (χ2n) is 6.32. The highest BCUT2D eigenvalue weighted by molar-refractivity contribution is 5.75. The molecule has 0 aromatic heterocycles. The highest BCUT2D eigenvalue weighted by Gasteiger charge is 2.20. The fraction of sp³-hybridized carbons (Fsp3) is 0.562. The molecule has 0 unspecified atom stereocenters. The molecular formula is C16H24N4O3. The van der Waals surface area contributed by atoms with E-state index in [0.717, 1.165) is 37.3 Å². The van der Waals surface area contributed by atoms with E-state index in [1.165, 1.54) is 0 Å². The molecule has 1 aliphatic heterocycles. The van der Waals surface area contributed by atoms with E-state index >= 15 is 0 Å². The van der Waals surface area contributed by atoms with Crippen molar-refractivity contribution in [1.29, 1.82) is 0 Å². The molecule has 1 heterocycles. The van der Waals surface area contributed by atoms with E-state index < -0.39 is 0 Å². The Bertz CT molecular complexity index is 581. The van der Waals surface area contributed by atoms with Gasteiger partial charge in [-0.05, 0) is 11.5 Å². The molecule has 2 rings (SSSR count). The molecule has 1 aliphatic rings. The zero-order chi connectivity index (χ0) is 17.0. The van der Waals surface area contributed by atoms with Gasteiger partial charge < -0.3 is 5.73 Å². The van der Waals surface area contributed by atoms with Crippen LogP contribution in [0.5, 0.6) is 0 Å². The number of hydrogen-bond donors (Lipinski definition) is 1. The monoisotopic (exact) mass is 320 g/mol. The number of hydrogen-bond acceptors (Lipinski definition) is 5. The smallest absolute Gasteiger partial charge is 0.273 e. The summed E-state index contributed by atoms with van der Waals surface area (Å²) in [5, 5.41) is 11.3. The number of benzene rings is 1. The second-order valence-corrected chi connectivity index (χ2v) is 6.32. The first-order valence-corrected chi connectivity index (χ1v) is 7.87. The lowest BCUT2D eigenvalue weighted by atomic mass is 9.99. The molecule has 126 valence electrons. The van der Waals surface area contributed by atoms with Crippen LogP contribution in [0.1, 0.15) is 30.9 Å². The lowest BCUT2D eigenvalue weighted by Gasteiger charge is -2.34. The Morgan fingerprint density at radius 1 is 1.26 bits per heavy atom. The number of carbonyl (C=O) groups excluding carboxylic acids is 1. The van der Waals surface area contributed by atoms with Crippen molar-refractivity contribution in [3.8, 4) is 0 Å². The predicted octanol–water partition coefficient (Wildman–Crippen LogP) is 1.32. The number of carbonyl (C=O) groups is 1. The summed E-state index contributed by atoms with van der Waals surface area (Å²) in [6.45, 7) is 8.12. The van der Waals surface area contributed by atoms with Crippen molar-refractivity contribution in [2.45, 2.75) is 26.3 Å². The van der Waals surface area contributed by atoms with Crippen LogP contribution in [-0.4, -0.2) is 53.4 Å². The highest BCUT2D eigenvalue weighted by Crippen LogP contribution is 2.27. The SMILES string of the molecule is CC(C)c1ccc(CN2CCN(CC(N)=O)CC2)cc1[N+](=O)[O-]. The number of amides is 1. The molecule has 1 aromatic rings. The Labute approximate surface area is 136 Å². The minimum atomic E-state index is -0.307. The number of nitrogens with zero attached hydrogens (tertiary/aromatic N) is 3. The first kappa shape index (κ1) is 17.4. The molecule has 1 amide bonds. The molecule has 2 N–H and O–H groups in total. The maximum absolute atomic E-state index is 11.3. The first-order chi connectivity index (χ1) is 10.9. The normalized spacial score (nSPS) is 16.7. The maximum atomic E-state index is 11.3. The fourth-order valence-electron chi connectivity index (χ4n) is 2.92. The average molecular weight is 320 g/mol. The first-order valence-electron chi connectivity index (χ1n) is 7.87. The van der Waals surface area contributed by atoms with Crippen LogP contribution in [0.25, 0.3) is 0 Å². The Balaban J connectivity index is 2.00. The summed E-state index contributed by atoms with van der Waals surface area (Å²) in [5.41, 5.74) is 7.12. The van der Waals surface area contributed by atoms with Crippen molar-refractivity contribution >= 4 is 11.6 Å². The Morgan fingerprint density at radius 3 is 2.39 bits per heavy atom. The highest BCUT2D eigenvalue weighted by atomic mass is 16.6. The molecule has 1 aromatic carbocycles. The molecule has 0 spiro atoms. The quantitative estimate of drug-likeness (QED) is 0.630. The Hall–Kier alpha value is -1.99. The summed E-state index contributed by atoms with van der Waals surface area (Å²) in [6, 6.07) is 5.52. The van der Waals surface area contributed by atoms with Gasteiger partial charge in [0.05, 0.1) is 11.5 Å². The van der Waals surface area contributed by atoms with E-state index in [1.54, 1.807) is 6.07 Å². The molecule has 0 saturated carbocycles. The summed E-state index contributed by atoms with van der Waals surface area (Å²) in [7, 11) is 0. The fourth-order valence-corrected chi connectivity index (χ4v) is 2.92. The van der Waals surface area contributed by atoms with Crippen LogP contribution in [0, 0.1) is 10.1 Å². The van der Waals surface area contributed by atoms with Gasteiger partial charge >= 0.3 is 0 Å². The van der Waals surface area contributed by atoms with Gasteiger partial charge in [-0.25, -0.2) is 0 Å². The number of nitro benzene ring substituents is 1. The van der Waals surface area contributed by atoms with E-state index in [2.05, 4.69) is 4.90 Å². The summed E-state index contributed by atoms with van der Waals surface area (Å²) >= 11 is 0. The summed E-state index contributed by atoms with van der Waals surface area (Å²) < 4.78 is 0. The van der Waals surface area contributed by atoms with Crippen LogP contribution in [0.15, 0.2) is 18.2 Å². The van der Waals surface area contributed by atoms with E-state index in [-0.39, 0.29) is 22.4 Å². The van der Waals surface area contributed by atoms with Gasteiger partial charge in [0, 0.05) is 44.4 Å². The number of rotatable bonds is 6. The van der Waals surface area contributed by atoms with Gasteiger partial charge in [-0.15, -0.1) is 0 Å². The molecule has 0 aliphatic carbocycles. The van der Waals surface area contributed by atoms with Crippen LogP contribution < -0.4 is 5.73 Å². The standard InChI is InChI=1S/C16H24N4O3/c1-12(2)14-4-3-13(9-15(14)20(22)23)10-18-5-7-19(8-6-18)11-16(17)21/h3-4,9,12H,5-8,10-11H2,1-2H3,(H2,17,21). The van der Waals surface area contributed by atoms with E-state index in [4.69, 9.17) is 5.73 Å². The van der Waals surface area contributed by atoms with E-state index in [0.29, 0.717) is 13.1 Å². The van der Waals surface area contributed by atoms with Crippen molar-refractivity contribution in [3.63, 3.8) is 0 Å². The number of nitro groups is 1. The van der Waals surface area contributed by atoms with Crippen molar-refractivity contribution in [1.82, 2.24) is 9.80 Å². The number of primary amides is 1. The van der Waals surface area contributed by atoms with Crippen molar-refractivity contribution in [3.05, 3.63) is 39.4 Å². The maximum Gasteiger partial charge on any atom is 0.273 e. The molecule has 1 fully saturated rings. The van der Waals surface area contributed by atoms with Crippen LogP contribution in [-0.2, 0) is 11.3 Å². The van der Waals surface area contributed by atoms with Crippen molar-refractivity contribution < 1.29 is 9.72 Å². The van der Waals surface area contributed by atoms with Gasteiger partial charge in [-0.1, -0.05) is 26.0 Å². The summed E-state index contributed by atoms with van der Waals surface area (Å²) in [4.78, 5) is 26.2. The lowest BCUT2D eigenvalue weighted by Crippen LogP contribution is -2.48. The van der Waals surface area contributed by atoms with Crippen LogP contribution in [0.4, 0.5) is 5.69 Å². The third kappa shape index (κ3) is 4.74. The van der Waals surface area contributed by atoms with Crippen molar-refractivity contribution in [2.75, 3.05) is 32.7 Å². The molecule has 1 saturated heterocycles. The van der Waals surface area contributed by atoms with Gasteiger partial charge in [-0.3, -0.25) is 24.7 Å². The average Bonchev–Trinajstić information content (AvgIpc) is 2.48. The number of piperazine rings is 1. The van der Waals surface area contributed by atoms with Gasteiger partial charge in [-0.2, -0.15) is 0 Å². The van der Waals surface area contributed by atoms with Crippen molar-refractivity contribution in [2.24, 2.45) is 5.73 Å². The molecule has 23 heavy (non-hydrogen) atoms. The summed E-state index contributed by atoms with van der Waals surface area (Å²) in [6.07, 6.45) is 0. The third-order valence-corrected chi connectivity index (χ3v) is 4.16. The van der Waals surface area contributed by atoms with Gasteiger partial charge in [0.2, 0.25) is 5.91 Å². The van der Waals surface area contributed by atoms with Gasteiger partial charge in [0.1, 0.15) is 0 Å². The van der Waals surface area contributed by atoms with Gasteiger partial charge in [0.15, 0.2) is 0 Å². The molecule has 7 heteroatoms. The summed E-state index contributed by atoms with van der Waals surface area (Å²) in [5.74, 6) is -0.180. The molecular weight excluding hydrogens is 296 g/mol. The van der Waals surface area contributed by atoms with Gasteiger partial charge in [0.25, 0.3) is 5.69 Å². The minimum Gasteiger partial charge on any atom is -0.369 e. The molecule has 0 bridgehead atoms. The Morgan fingerprint density at radius 2 is 1.87 bits per heavy atom. The Kier molecular flexibility index (Phi) is 5.68. The van der Waals surface area contributed by atoms with Crippen LogP contribution in [0.3, 0.4) is 0 Å². The molecule has 7 nitrogen and oxygen atoms in total. The van der Waals surface area contributed by atoms with E-state index in [9.17, 15) is 14.9 Å². The third-order valence-electron chi connectivity index (χ3n) is 4.16. The molecule has 0 radical (unpaired) electrons. The number of nitrogens with two attached hydrogens (primary N) is 1. The zero-order valence-corrected chi connectivity index (χ0v) is 13.7. The minimum absolute atomic E-state index is 0.127. The topological polar surface area (TPSA) is 92.7 Å². The van der Waals surface area contributed by atoms with Crippen LogP contribution in [0.2, 0.25) is 0 Å². The lowest BCUT2D eigenvalue weighted by molar-refractivity contribution is -0.385. The predicted molar refractivity (Wildman–Crippen MR) is 88.1 cm³/mol. The van der Waals surface area contributed by atoms with E-state index in [1.807, 2.05) is 30.9 Å². The molecule has 0 atom stereocenters. The van der Waals surface area contributed by atoms with Crippen LogP contribution >= 0.6 is 0 Å². The zero-order valence-electron chi connectivity index (χ0n) is 13.7. The second kappa shape index (κ2) is 7.52. The largest absolute Gasteiger partial charge is 0.369 e.